The van der Waals surface area contributed by atoms with E-state index in [2.05, 4.69) is 37.0 Å². The van der Waals surface area contributed by atoms with Crippen LogP contribution in [0.5, 0.6) is 5.75 Å². The third-order valence-electron chi connectivity index (χ3n) is 1.48. The number of benzene rings is 1. The van der Waals surface area contributed by atoms with Gasteiger partial charge in [0.2, 0.25) is 5.78 Å². The summed E-state index contributed by atoms with van der Waals surface area (Å²) in [6.07, 6.45) is 0.783. The summed E-state index contributed by atoms with van der Waals surface area (Å²) in [4.78, 5) is 11.2. The second kappa shape index (κ2) is 4.56. The van der Waals surface area contributed by atoms with E-state index in [-0.39, 0.29) is 5.75 Å². The molecule has 0 heterocycles. The Bertz CT molecular complexity index is 381. The normalized spacial score (nSPS) is 10.7. The molecule has 0 unspecified atom stereocenters. The smallest absolute Gasteiger partial charge is 0.207 e. The van der Waals surface area contributed by atoms with Gasteiger partial charge in [0.25, 0.3) is 0 Å². The summed E-state index contributed by atoms with van der Waals surface area (Å²) in [7, 11) is 0. The molecule has 0 radical (unpaired) electrons. The number of halogens is 2. The third-order valence-corrected chi connectivity index (χ3v) is 2.69. The van der Waals surface area contributed by atoms with Crippen molar-refractivity contribution in [1.29, 1.82) is 0 Å². The van der Waals surface area contributed by atoms with Crippen LogP contribution in [0.3, 0.4) is 0 Å². The zero-order chi connectivity index (χ0) is 10.7. The van der Waals surface area contributed by atoms with Gasteiger partial charge in [0.1, 0.15) is 12.0 Å². The van der Waals surface area contributed by atoms with Gasteiger partial charge in [0, 0.05) is 5.56 Å². The maximum atomic E-state index is 11.2. The first-order valence-electron chi connectivity index (χ1n) is 3.46. The molecule has 0 fully saturated rings. The Morgan fingerprint density at radius 2 is 1.86 bits per heavy atom. The molecule has 0 aromatic heterocycles. The number of oxime groups is 1. The van der Waals surface area contributed by atoms with E-state index in [0.29, 0.717) is 14.5 Å². The Hall–Kier alpha value is -0.880. The third kappa shape index (κ3) is 2.33. The highest BCUT2D eigenvalue weighted by Crippen LogP contribution is 2.33. The Balaban J connectivity index is 3.19. The van der Waals surface area contributed by atoms with Crippen molar-refractivity contribution in [2.75, 3.05) is 0 Å². The number of nitrogens with zero attached hydrogens (tertiary/aromatic N) is 1. The minimum absolute atomic E-state index is 0.0162. The molecule has 4 nitrogen and oxygen atoms in total. The molecule has 1 aromatic rings. The van der Waals surface area contributed by atoms with Gasteiger partial charge in [-0.3, -0.25) is 4.79 Å². The first-order valence-corrected chi connectivity index (χ1v) is 5.04. The maximum absolute atomic E-state index is 11.2. The van der Waals surface area contributed by atoms with Crippen molar-refractivity contribution in [2.45, 2.75) is 0 Å². The highest BCUT2D eigenvalue weighted by Gasteiger charge is 2.10. The Morgan fingerprint density at radius 3 is 2.29 bits per heavy atom. The lowest BCUT2D eigenvalue weighted by Crippen LogP contribution is -2.00. The van der Waals surface area contributed by atoms with Gasteiger partial charge in [-0.15, -0.1) is 0 Å². The van der Waals surface area contributed by atoms with E-state index in [1.807, 2.05) is 0 Å². The number of rotatable bonds is 2. The summed E-state index contributed by atoms with van der Waals surface area (Å²) in [5.74, 6) is -0.434. The molecule has 1 rings (SSSR count). The van der Waals surface area contributed by atoms with Gasteiger partial charge in [0.15, 0.2) is 0 Å². The van der Waals surface area contributed by atoms with E-state index in [9.17, 15) is 9.90 Å². The predicted octanol–water partition coefficient (Wildman–Crippen LogP) is 2.56. The standard InChI is InChI=1S/C8H5Br2NO3/c9-5-1-4(7(12)3-11-14)2-6(10)8(5)13/h1-3,13-14H/b11-3-. The van der Waals surface area contributed by atoms with Crippen LogP contribution in [-0.2, 0) is 0 Å². The van der Waals surface area contributed by atoms with E-state index in [0.717, 1.165) is 6.21 Å². The van der Waals surface area contributed by atoms with Crippen molar-refractivity contribution in [3.05, 3.63) is 26.6 Å². The van der Waals surface area contributed by atoms with Crippen molar-refractivity contribution in [1.82, 2.24) is 0 Å². The molecule has 2 N–H and O–H groups in total. The van der Waals surface area contributed by atoms with E-state index >= 15 is 0 Å². The summed E-state index contributed by atoms with van der Waals surface area (Å²) in [6.45, 7) is 0. The molecule has 0 spiro atoms. The molecule has 6 heteroatoms. The molecule has 0 atom stereocenters. The maximum Gasteiger partial charge on any atom is 0.207 e. The van der Waals surface area contributed by atoms with Crippen LogP contribution in [-0.4, -0.2) is 22.3 Å². The molecule has 0 aliphatic carbocycles. The van der Waals surface area contributed by atoms with Gasteiger partial charge in [-0.2, -0.15) is 0 Å². The van der Waals surface area contributed by atoms with Crippen molar-refractivity contribution in [3.63, 3.8) is 0 Å². The van der Waals surface area contributed by atoms with Crippen molar-refractivity contribution < 1.29 is 15.1 Å². The monoisotopic (exact) mass is 321 g/mol. The zero-order valence-electron chi connectivity index (χ0n) is 6.74. The molecule has 1 aromatic carbocycles. The number of phenolic OH excluding ortho intramolecular Hbond substituents is 1. The fraction of sp³-hybridized carbons (Fsp3) is 0. The average Bonchev–Trinajstić information content (AvgIpc) is 2.13. The number of Topliss-reactive ketones (excluding diaryl/α,β-unsaturated/α-hetero) is 1. The number of phenols is 1. The topological polar surface area (TPSA) is 69.9 Å². The summed E-state index contributed by atoms with van der Waals surface area (Å²) < 4.78 is 0.781. The quantitative estimate of drug-likeness (QED) is 0.380. The van der Waals surface area contributed by atoms with Crippen LogP contribution in [0.1, 0.15) is 10.4 Å². The first-order chi connectivity index (χ1) is 6.56. The average molecular weight is 323 g/mol. The second-order valence-corrected chi connectivity index (χ2v) is 4.11. The number of carbonyl (C=O) groups excluding carboxylic acids is 1. The van der Waals surface area contributed by atoms with Crippen molar-refractivity contribution in [3.8, 4) is 5.75 Å². The van der Waals surface area contributed by atoms with Crippen molar-refractivity contribution >= 4 is 43.9 Å². The van der Waals surface area contributed by atoms with Crippen molar-refractivity contribution in [2.24, 2.45) is 5.16 Å². The molecule has 0 saturated heterocycles. The Kier molecular flexibility index (Phi) is 3.65. The minimum Gasteiger partial charge on any atom is -0.506 e. The van der Waals surface area contributed by atoms with Gasteiger partial charge >= 0.3 is 0 Å². The summed E-state index contributed by atoms with van der Waals surface area (Å²) in [5.41, 5.74) is 0.305. The fourth-order valence-corrected chi connectivity index (χ4v) is 2.02. The molecular weight excluding hydrogens is 318 g/mol. The number of ketones is 1. The molecule has 0 amide bonds. The summed E-state index contributed by atoms with van der Waals surface area (Å²) in [6, 6.07) is 2.87. The lowest BCUT2D eigenvalue weighted by atomic mass is 10.1. The second-order valence-electron chi connectivity index (χ2n) is 2.40. The molecule has 0 aliphatic rings. The number of aromatic hydroxyl groups is 1. The number of hydrogen-bond acceptors (Lipinski definition) is 4. The SMILES string of the molecule is O=C(/C=N\O)c1cc(Br)c(O)c(Br)c1. The van der Waals surface area contributed by atoms with Crippen LogP contribution in [0.15, 0.2) is 26.2 Å². The van der Waals surface area contributed by atoms with Crippen LogP contribution < -0.4 is 0 Å². The summed E-state index contributed by atoms with van der Waals surface area (Å²) >= 11 is 6.15. The fourth-order valence-electron chi connectivity index (χ4n) is 0.835. The largest absolute Gasteiger partial charge is 0.506 e. The molecular formula is C8H5Br2NO3. The van der Waals surface area contributed by atoms with E-state index < -0.39 is 5.78 Å². The zero-order valence-corrected chi connectivity index (χ0v) is 9.91. The van der Waals surface area contributed by atoms with E-state index in [1.165, 1.54) is 12.1 Å². The lowest BCUT2D eigenvalue weighted by molar-refractivity contribution is 0.106. The van der Waals surface area contributed by atoms with Gasteiger partial charge in [0.05, 0.1) is 8.95 Å². The Morgan fingerprint density at radius 1 is 1.36 bits per heavy atom. The lowest BCUT2D eigenvalue weighted by Gasteiger charge is -2.02. The minimum atomic E-state index is -0.450. The first kappa shape index (κ1) is 11.2. The molecule has 14 heavy (non-hydrogen) atoms. The molecule has 0 aliphatic heterocycles. The van der Waals surface area contributed by atoms with Gasteiger partial charge in [-0.1, -0.05) is 5.16 Å². The van der Waals surface area contributed by atoms with Crippen LogP contribution in [0.4, 0.5) is 0 Å². The number of hydrogen-bond donors (Lipinski definition) is 2. The Labute approximate surface area is 96.5 Å². The van der Waals surface area contributed by atoms with Gasteiger partial charge in [-0.05, 0) is 44.0 Å². The van der Waals surface area contributed by atoms with Crippen LogP contribution in [0, 0.1) is 0 Å². The highest BCUT2D eigenvalue weighted by atomic mass is 79.9. The van der Waals surface area contributed by atoms with Gasteiger partial charge < -0.3 is 10.3 Å². The van der Waals surface area contributed by atoms with E-state index in [4.69, 9.17) is 5.21 Å². The van der Waals surface area contributed by atoms with E-state index in [1.54, 1.807) is 0 Å². The molecule has 74 valence electrons. The van der Waals surface area contributed by atoms with Gasteiger partial charge in [-0.25, -0.2) is 0 Å². The predicted molar refractivity (Wildman–Crippen MR) is 58.1 cm³/mol. The summed E-state index contributed by atoms with van der Waals surface area (Å²) in [5, 5.41) is 20.1. The van der Waals surface area contributed by atoms with Crippen LogP contribution >= 0.6 is 31.9 Å². The van der Waals surface area contributed by atoms with Crippen LogP contribution in [0.25, 0.3) is 0 Å². The molecule has 0 bridgehead atoms. The molecule has 0 saturated carbocycles. The van der Waals surface area contributed by atoms with Crippen LogP contribution in [0.2, 0.25) is 0 Å². The number of carbonyl (C=O) groups is 1. The highest BCUT2D eigenvalue weighted by molar-refractivity contribution is 9.11.